The van der Waals surface area contributed by atoms with Crippen LogP contribution in [0.2, 0.25) is 5.02 Å². The van der Waals surface area contributed by atoms with Crippen LogP contribution < -0.4 is 4.74 Å². The van der Waals surface area contributed by atoms with Crippen molar-refractivity contribution in [3.63, 3.8) is 0 Å². The molecule has 3 aromatic rings. The van der Waals surface area contributed by atoms with Crippen LogP contribution in [0.4, 0.5) is 0 Å². The van der Waals surface area contributed by atoms with Crippen LogP contribution in [0, 0.1) is 12.3 Å². The van der Waals surface area contributed by atoms with Gasteiger partial charge in [0.1, 0.15) is 10.8 Å². The van der Waals surface area contributed by atoms with E-state index in [2.05, 4.69) is 22.0 Å². The average molecular weight is 498 g/mol. The quantitative estimate of drug-likeness (QED) is 0.374. The lowest BCUT2D eigenvalue weighted by molar-refractivity contribution is -0.135. The van der Waals surface area contributed by atoms with Crippen molar-refractivity contribution in [3.05, 3.63) is 81.3 Å². The summed E-state index contributed by atoms with van der Waals surface area (Å²) in [6, 6.07) is 15.9. The van der Waals surface area contributed by atoms with Crippen LogP contribution in [0.1, 0.15) is 35.4 Å². The zero-order chi connectivity index (χ0) is 24.0. The molecule has 1 atom stereocenters. The molecule has 1 aliphatic heterocycles. The Labute approximate surface area is 211 Å². The predicted molar refractivity (Wildman–Crippen MR) is 138 cm³/mol. The number of nitrogens with zero attached hydrogens (tertiary/aromatic N) is 3. The van der Waals surface area contributed by atoms with Gasteiger partial charge in [-0.3, -0.25) is 9.69 Å². The van der Waals surface area contributed by atoms with Crippen LogP contribution in [0.25, 0.3) is 0 Å². The van der Waals surface area contributed by atoms with Gasteiger partial charge in [-0.05, 0) is 55.6 Å². The fourth-order valence-electron chi connectivity index (χ4n) is 4.63. The summed E-state index contributed by atoms with van der Waals surface area (Å²) in [6.45, 7) is 5.71. The first-order valence-electron chi connectivity index (χ1n) is 11.7. The third-order valence-electron chi connectivity index (χ3n) is 6.47. The fourth-order valence-corrected chi connectivity index (χ4v) is 5.40. The van der Waals surface area contributed by atoms with Crippen molar-refractivity contribution in [3.8, 4) is 5.75 Å². The summed E-state index contributed by atoms with van der Waals surface area (Å²) < 4.78 is 6.30. The van der Waals surface area contributed by atoms with E-state index in [-0.39, 0.29) is 11.3 Å². The van der Waals surface area contributed by atoms with E-state index < -0.39 is 0 Å². The van der Waals surface area contributed by atoms with Crippen molar-refractivity contribution in [1.29, 1.82) is 0 Å². The van der Waals surface area contributed by atoms with Gasteiger partial charge < -0.3 is 9.64 Å². The number of halogens is 1. The topological polar surface area (TPSA) is 45.7 Å². The van der Waals surface area contributed by atoms with Crippen LogP contribution in [0.15, 0.2) is 60.1 Å². The molecular formula is C27H32ClN3O2S. The molecule has 1 fully saturated rings. The molecule has 0 bridgehead atoms. The highest BCUT2D eigenvalue weighted by Gasteiger charge is 2.39. The first kappa shape index (κ1) is 24.7. The van der Waals surface area contributed by atoms with Gasteiger partial charge in [-0.25, -0.2) is 4.98 Å². The minimum absolute atomic E-state index is 0.149. The number of aromatic nitrogens is 1. The van der Waals surface area contributed by atoms with E-state index in [9.17, 15) is 4.79 Å². The van der Waals surface area contributed by atoms with Crippen molar-refractivity contribution in [2.45, 2.75) is 39.3 Å². The van der Waals surface area contributed by atoms with Gasteiger partial charge in [-0.2, -0.15) is 0 Å². The Morgan fingerprint density at radius 1 is 1.26 bits per heavy atom. The van der Waals surface area contributed by atoms with E-state index >= 15 is 0 Å². The van der Waals surface area contributed by atoms with E-state index in [4.69, 9.17) is 16.3 Å². The summed E-state index contributed by atoms with van der Waals surface area (Å²) in [4.78, 5) is 22.1. The normalized spacial score (nSPS) is 18.6. The standard InChI is InChI=1S/C27H32ClN3O2S/c1-21-15-23(9-10-24(21)28)33-20-27(11-6-13-31(19-27)18-25-29-12-14-34-25)16-26(32)30(2)17-22-7-4-3-5-8-22/h3-5,7-10,12,14-15H,6,11,13,16-20H2,1-2H3/t27-/m1/s1. The number of rotatable bonds is 9. The molecule has 0 saturated carbocycles. The Balaban J connectivity index is 1.48. The van der Waals surface area contributed by atoms with E-state index in [1.165, 1.54) is 0 Å². The van der Waals surface area contributed by atoms with Crippen molar-refractivity contribution in [2.75, 3.05) is 26.7 Å². The number of amides is 1. The second-order valence-corrected chi connectivity index (χ2v) is 10.7. The molecule has 0 unspecified atom stereocenters. The molecule has 34 heavy (non-hydrogen) atoms. The van der Waals surface area contributed by atoms with Gasteiger partial charge >= 0.3 is 0 Å². The number of aryl methyl sites for hydroxylation is 1. The first-order chi connectivity index (χ1) is 16.4. The van der Waals surface area contributed by atoms with Crippen LogP contribution in [-0.4, -0.2) is 47.4 Å². The van der Waals surface area contributed by atoms with Crippen molar-refractivity contribution < 1.29 is 9.53 Å². The summed E-state index contributed by atoms with van der Waals surface area (Å²) in [7, 11) is 1.89. The number of benzene rings is 2. The minimum Gasteiger partial charge on any atom is -0.493 e. The van der Waals surface area contributed by atoms with Crippen LogP contribution in [-0.2, 0) is 17.9 Å². The number of ether oxygens (including phenoxy) is 1. The molecule has 5 nitrogen and oxygen atoms in total. The average Bonchev–Trinajstić information content (AvgIpc) is 3.34. The summed E-state index contributed by atoms with van der Waals surface area (Å²) in [6.07, 6.45) is 4.30. The van der Waals surface area contributed by atoms with Gasteiger partial charge in [0, 0.05) is 48.6 Å². The summed E-state index contributed by atoms with van der Waals surface area (Å²) in [5, 5.41) is 3.85. The number of thiazole rings is 1. The zero-order valence-electron chi connectivity index (χ0n) is 19.9. The number of hydrogen-bond acceptors (Lipinski definition) is 5. The minimum atomic E-state index is -0.259. The molecule has 0 N–H and O–H groups in total. The van der Waals surface area contributed by atoms with Gasteiger partial charge in [-0.1, -0.05) is 41.9 Å². The van der Waals surface area contributed by atoms with Crippen LogP contribution in [0.5, 0.6) is 5.75 Å². The molecule has 2 aromatic carbocycles. The smallest absolute Gasteiger partial charge is 0.223 e. The van der Waals surface area contributed by atoms with E-state index in [1.54, 1.807) is 11.3 Å². The predicted octanol–water partition coefficient (Wildman–Crippen LogP) is 5.81. The summed E-state index contributed by atoms with van der Waals surface area (Å²) in [5.74, 6) is 0.944. The molecule has 1 aromatic heterocycles. The largest absolute Gasteiger partial charge is 0.493 e. The first-order valence-corrected chi connectivity index (χ1v) is 13.0. The molecule has 1 saturated heterocycles. The maximum atomic E-state index is 13.4. The number of carbonyl (C=O) groups is 1. The Kier molecular flexibility index (Phi) is 8.24. The van der Waals surface area contributed by atoms with Gasteiger partial charge in [0.2, 0.25) is 5.91 Å². The lowest BCUT2D eigenvalue weighted by Crippen LogP contribution is -2.48. The molecular weight excluding hydrogens is 466 g/mol. The van der Waals surface area contributed by atoms with Gasteiger partial charge in [0.25, 0.3) is 0 Å². The maximum Gasteiger partial charge on any atom is 0.223 e. The Bertz CT molecular complexity index is 1080. The van der Waals surface area contributed by atoms with Crippen LogP contribution >= 0.6 is 22.9 Å². The lowest BCUT2D eigenvalue weighted by atomic mass is 9.77. The highest BCUT2D eigenvalue weighted by Crippen LogP contribution is 2.36. The molecule has 7 heteroatoms. The molecule has 4 rings (SSSR count). The molecule has 1 amide bonds. The summed E-state index contributed by atoms with van der Waals surface area (Å²) >= 11 is 7.87. The van der Waals surface area contributed by atoms with E-state index in [0.717, 1.165) is 59.4 Å². The second-order valence-electron chi connectivity index (χ2n) is 9.35. The molecule has 180 valence electrons. The Morgan fingerprint density at radius 3 is 2.82 bits per heavy atom. The van der Waals surface area contributed by atoms with E-state index in [0.29, 0.717) is 19.6 Å². The third-order valence-corrected chi connectivity index (χ3v) is 7.66. The maximum absolute atomic E-state index is 13.4. The highest BCUT2D eigenvalue weighted by molar-refractivity contribution is 7.09. The fraction of sp³-hybridized carbons (Fsp3) is 0.407. The number of piperidine rings is 1. The second kappa shape index (κ2) is 11.3. The Hall–Kier alpha value is -2.41. The third kappa shape index (κ3) is 6.59. The lowest BCUT2D eigenvalue weighted by Gasteiger charge is -2.42. The summed E-state index contributed by atoms with van der Waals surface area (Å²) in [5.41, 5.74) is 1.86. The van der Waals surface area contributed by atoms with Gasteiger partial charge in [0.05, 0.1) is 13.2 Å². The molecule has 0 aliphatic carbocycles. The monoisotopic (exact) mass is 497 g/mol. The van der Waals surface area contributed by atoms with Crippen LogP contribution in [0.3, 0.4) is 0 Å². The Morgan fingerprint density at radius 2 is 2.09 bits per heavy atom. The van der Waals surface area contributed by atoms with Gasteiger partial charge in [-0.15, -0.1) is 11.3 Å². The number of carbonyl (C=O) groups excluding carboxylic acids is 1. The van der Waals surface area contributed by atoms with Crippen molar-refractivity contribution in [1.82, 2.24) is 14.8 Å². The number of likely N-dealkylation sites (tertiary alicyclic amines) is 1. The zero-order valence-corrected chi connectivity index (χ0v) is 21.4. The van der Waals surface area contributed by atoms with Crippen molar-refractivity contribution in [2.24, 2.45) is 5.41 Å². The highest BCUT2D eigenvalue weighted by atomic mass is 35.5. The van der Waals surface area contributed by atoms with Gasteiger partial charge in [0.15, 0.2) is 0 Å². The SMILES string of the molecule is Cc1cc(OC[C@@]2(CC(=O)N(C)Cc3ccccc3)CCCN(Cc3nccs3)C2)ccc1Cl. The van der Waals surface area contributed by atoms with Crippen molar-refractivity contribution >= 4 is 28.8 Å². The van der Waals surface area contributed by atoms with E-state index in [1.807, 2.05) is 66.8 Å². The molecule has 0 spiro atoms. The molecule has 2 heterocycles. The molecule has 0 radical (unpaired) electrons. The molecule has 1 aliphatic rings. The number of hydrogen-bond donors (Lipinski definition) is 0.